The minimum atomic E-state index is -0.830. The Morgan fingerprint density at radius 2 is 1.86 bits per heavy atom. The fourth-order valence-corrected chi connectivity index (χ4v) is 3.10. The van der Waals surface area contributed by atoms with Crippen molar-refractivity contribution in [2.24, 2.45) is 0 Å². The van der Waals surface area contributed by atoms with Crippen LogP contribution in [-0.4, -0.2) is 16.0 Å². The van der Waals surface area contributed by atoms with Crippen molar-refractivity contribution in [1.29, 1.82) is 0 Å². The van der Waals surface area contributed by atoms with Crippen LogP contribution in [0.4, 0.5) is 8.78 Å². The largest absolute Gasteiger partial charge is 0.491 e. The number of rotatable bonds is 3. The van der Waals surface area contributed by atoms with Gasteiger partial charge in [-0.05, 0) is 25.8 Å². The Bertz CT molecular complexity index is 783. The molecular formula is C15H15ClF2N2O2. The van der Waals surface area contributed by atoms with Crippen molar-refractivity contribution in [2.45, 2.75) is 32.9 Å². The van der Waals surface area contributed by atoms with E-state index in [1.165, 1.54) is 10.7 Å². The molecule has 0 fully saturated rings. The molecule has 2 heterocycles. The highest BCUT2D eigenvalue weighted by atomic mass is 35.5. The van der Waals surface area contributed by atoms with Crippen LogP contribution in [0.1, 0.15) is 19.8 Å². The summed E-state index contributed by atoms with van der Waals surface area (Å²) in [6, 6.07) is 1.92. The van der Waals surface area contributed by atoms with Crippen LogP contribution in [-0.2, 0) is 13.1 Å². The van der Waals surface area contributed by atoms with E-state index in [0.29, 0.717) is 13.1 Å². The molecule has 0 aliphatic carbocycles. The minimum Gasteiger partial charge on any atom is -0.491 e. The van der Waals surface area contributed by atoms with E-state index in [-0.39, 0.29) is 34.2 Å². The zero-order chi connectivity index (χ0) is 15.9. The Hall–Kier alpha value is -1.82. The molecule has 0 atom stereocenters. The van der Waals surface area contributed by atoms with Gasteiger partial charge < -0.3 is 4.74 Å². The molecule has 0 N–H and O–H groups in total. The Morgan fingerprint density at radius 3 is 2.50 bits per heavy atom. The maximum absolute atomic E-state index is 14.2. The van der Waals surface area contributed by atoms with E-state index in [1.54, 1.807) is 11.6 Å². The number of nitrogens with zero attached hydrogens (tertiary/aromatic N) is 2. The van der Waals surface area contributed by atoms with Gasteiger partial charge in [0, 0.05) is 24.7 Å². The SMILES string of the molecule is CCOc1cc(-c2c(Cl)n3n(c2=O)CCCC3)c(F)cc1F. The van der Waals surface area contributed by atoms with E-state index in [1.807, 2.05) is 0 Å². The number of benzene rings is 1. The predicted octanol–water partition coefficient (Wildman–Crippen LogP) is 3.44. The Kier molecular flexibility index (Phi) is 3.95. The number of hydrogen-bond acceptors (Lipinski definition) is 2. The fourth-order valence-electron chi connectivity index (χ4n) is 2.74. The third-order valence-corrected chi connectivity index (χ3v) is 4.14. The average molecular weight is 329 g/mol. The first-order valence-corrected chi connectivity index (χ1v) is 7.53. The minimum absolute atomic E-state index is 0.0331. The molecule has 0 amide bonds. The van der Waals surface area contributed by atoms with Gasteiger partial charge in [-0.2, -0.15) is 0 Å². The summed E-state index contributed by atoms with van der Waals surface area (Å²) in [6.45, 7) is 3.08. The van der Waals surface area contributed by atoms with Crippen molar-refractivity contribution in [1.82, 2.24) is 9.36 Å². The van der Waals surface area contributed by atoms with E-state index < -0.39 is 11.6 Å². The summed E-state index contributed by atoms with van der Waals surface area (Å²) in [5.41, 5.74) is -0.339. The Morgan fingerprint density at radius 1 is 1.18 bits per heavy atom. The summed E-state index contributed by atoms with van der Waals surface area (Å²) >= 11 is 6.26. The molecule has 7 heteroatoms. The lowest BCUT2D eigenvalue weighted by molar-refractivity contribution is 0.320. The summed E-state index contributed by atoms with van der Waals surface area (Å²) in [6.07, 6.45) is 1.78. The lowest BCUT2D eigenvalue weighted by Crippen LogP contribution is -2.27. The third-order valence-electron chi connectivity index (χ3n) is 3.75. The Labute approximate surface area is 130 Å². The molecule has 3 rings (SSSR count). The zero-order valence-corrected chi connectivity index (χ0v) is 12.8. The number of hydrogen-bond donors (Lipinski definition) is 0. The van der Waals surface area contributed by atoms with Crippen LogP contribution in [0.3, 0.4) is 0 Å². The first-order valence-electron chi connectivity index (χ1n) is 7.16. The van der Waals surface area contributed by atoms with Gasteiger partial charge in [0.1, 0.15) is 11.0 Å². The van der Waals surface area contributed by atoms with Crippen LogP contribution in [0, 0.1) is 11.6 Å². The molecule has 1 aliphatic heterocycles. The second-order valence-electron chi connectivity index (χ2n) is 5.12. The highest BCUT2D eigenvalue weighted by Crippen LogP contribution is 2.33. The Balaban J connectivity index is 2.22. The van der Waals surface area contributed by atoms with Gasteiger partial charge in [0.15, 0.2) is 11.6 Å². The molecule has 0 bridgehead atoms. The summed E-state index contributed by atoms with van der Waals surface area (Å²) < 4.78 is 36.1. The number of aromatic nitrogens is 2. The topological polar surface area (TPSA) is 36.2 Å². The van der Waals surface area contributed by atoms with Crippen molar-refractivity contribution < 1.29 is 13.5 Å². The molecule has 22 heavy (non-hydrogen) atoms. The van der Waals surface area contributed by atoms with Crippen molar-refractivity contribution >= 4 is 11.6 Å². The van der Waals surface area contributed by atoms with Gasteiger partial charge in [-0.25, -0.2) is 13.5 Å². The van der Waals surface area contributed by atoms with Crippen LogP contribution < -0.4 is 10.3 Å². The highest BCUT2D eigenvalue weighted by molar-refractivity contribution is 6.32. The van der Waals surface area contributed by atoms with Gasteiger partial charge >= 0.3 is 0 Å². The molecule has 4 nitrogen and oxygen atoms in total. The molecule has 1 aromatic carbocycles. The zero-order valence-electron chi connectivity index (χ0n) is 12.0. The molecule has 0 unspecified atom stereocenters. The van der Waals surface area contributed by atoms with Crippen molar-refractivity contribution in [3.63, 3.8) is 0 Å². The maximum atomic E-state index is 14.2. The molecule has 0 spiro atoms. The third kappa shape index (κ3) is 2.31. The monoisotopic (exact) mass is 328 g/mol. The molecule has 0 saturated heterocycles. The number of ether oxygens (including phenoxy) is 1. The van der Waals surface area contributed by atoms with E-state index in [9.17, 15) is 13.6 Å². The number of fused-ring (bicyclic) bond motifs is 1. The molecule has 0 saturated carbocycles. The first-order chi connectivity index (χ1) is 10.5. The van der Waals surface area contributed by atoms with Gasteiger partial charge in [-0.15, -0.1) is 0 Å². The quantitative estimate of drug-likeness (QED) is 0.865. The molecule has 1 aliphatic rings. The summed E-state index contributed by atoms with van der Waals surface area (Å²) in [4.78, 5) is 12.5. The van der Waals surface area contributed by atoms with Gasteiger partial charge in [-0.3, -0.25) is 9.48 Å². The van der Waals surface area contributed by atoms with Crippen LogP contribution in [0.5, 0.6) is 5.75 Å². The fraction of sp³-hybridized carbons (Fsp3) is 0.400. The lowest BCUT2D eigenvalue weighted by atomic mass is 10.1. The average Bonchev–Trinajstić information content (AvgIpc) is 2.75. The smallest absolute Gasteiger partial charge is 0.276 e. The van der Waals surface area contributed by atoms with Crippen LogP contribution in [0.15, 0.2) is 16.9 Å². The first kappa shape index (κ1) is 15.1. The van der Waals surface area contributed by atoms with Crippen molar-refractivity contribution in [3.05, 3.63) is 39.3 Å². The molecule has 0 radical (unpaired) electrons. The summed E-state index contributed by atoms with van der Waals surface area (Å²) in [7, 11) is 0. The van der Waals surface area contributed by atoms with Gasteiger partial charge in [0.25, 0.3) is 5.56 Å². The molecule has 1 aromatic heterocycles. The predicted molar refractivity (Wildman–Crippen MR) is 79.5 cm³/mol. The van der Waals surface area contributed by atoms with Gasteiger partial charge in [-0.1, -0.05) is 11.6 Å². The van der Waals surface area contributed by atoms with Crippen LogP contribution in [0.25, 0.3) is 11.1 Å². The van der Waals surface area contributed by atoms with Crippen molar-refractivity contribution in [2.75, 3.05) is 6.61 Å². The maximum Gasteiger partial charge on any atom is 0.276 e. The van der Waals surface area contributed by atoms with E-state index >= 15 is 0 Å². The van der Waals surface area contributed by atoms with Gasteiger partial charge in [0.05, 0.1) is 12.2 Å². The second-order valence-corrected chi connectivity index (χ2v) is 5.48. The number of halogens is 3. The van der Waals surface area contributed by atoms with E-state index in [4.69, 9.17) is 16.3 Å². The van der Waals surface area contributed by atoms with E-state index in [2.05, 4.69) is 0 Å². The van der Waals surface area contributed by atoms with Crippen molar-refractivity contribution in [3.8, 4) is 16.9 Å². The van der Waals surface area contributed by atoms with Crippen LogP contribution in [0.2, 0.25) is 5.15 Å². The van der Waals surface area contributed by atoms with Gasteiger partial charge in [0.2, 0.25) is 0 Å². The summed E-state index contributed by atoms with van der Waals surface area (Å²) in [5.74, 6) is -1.73. The molecule has 118 valence electrons. The standard InChI is InChI=1S/C15H15ClF2N2O2/c1-2-22-12-7-9(10(17)8-11(12)18)13-14(16)19-5-3-4-6-20(19)15(13)21/h7-8H,2-6H2,1H3. The highest BCUT2D eigenvalue weighted by Gasteiger charge is 2.25. The second kappa shape index (κ2) is 5.76. The molecule has 2 aromatic rings. The van der Waals surface area contributed by atoms with Crippen LogP contribution >= 0.6 is 11.6 Å². The lowest BCUT2D eigenvalue weighted by Gasteiger charge is -2.17. The summed E-state index contributed by atoms with van der Waals surface area (Å²) in [5, 5.41) is 0.178. The van der Waals surface area contributed by atoms with E-state index in [0.717, 1.165) is 18.9 Å². The normalized spacial score (nSPS) is 14.0. The molecular weight excluding hydrogens is 314 g/mol.